The minimum absolute atomic E-state index is 0.588. The number of morpholine rings is 1. The summed E-state index contributed by atoms with van der Waals surface area (Å²) < 4.78 is 5.37. The second-order valence-corrected chi connectivity index (χ2v) is 5.24. The molecule has 0 radical (unpaired) electrons. The highest BCUT2D eigenvalue weighted by molar-refractivity contribution is 5.45. The number of nitrogens with one attached hydrogen (secondary N) is 1. The summed E-state index contributed by atoms with van der Waals surface area (Å²) >= 11 is 0. The minimum atomic E-state index is 0.588. The highest BCUT2D eigenvalue weighted by Gasteiger charge is 2.10. The smallest absolute Gasteiger partial charge is 0.0594 e. The van der Waals surface area contributed by atoms with Crippen LogP contribution in [0.5, 0.6) is 0 Å². The summed E-state index contributed by atoms with van der Waals surface area (Å²) in [5.41, 5.74) is 2.62. The number of anilines is 1. The molecule has 2 rings (SSSR count). The summed E-state index contributed by atoms with van der Waals surface area (Å²) in [4.78, 5) is 2.45. The summed E-state index contributed by atoms with van der Waals surface area (Å²) in [6.07, 6.45) is 2.35. The third kappa shape index (κ3) is 4.51. The molecule has 3 heteroatoms. The summed E-state index contributed by atoms with van der Waals surface area (Å²) in [7, 11) is 0. The van der Waals surface area contributed by atoms with E-state index < -0.39 is 0 Å². The van der Waals surface area contributed by atoms with Crippen molar-refractivity contribution in [3.05, 3.63) is 29.8 Å². The van der Waals surface area contributed by atoms with Gasteiger partial charge in [0.1, 0.15) is 0 Å². The Morgan fingerprint density at radius 3 is 2.32 bits per heavy atom. The van der Waals surface area contributed by atoms with Crippen LogP contribution >= 0.6 is 0 Å². The first-order chi connectivity index (χ1) is 9.31. The van der Waals surface area contributed by atoms with Crippen LogP contribution in [0.4, 0.5) is 5.69 Å². The molecule has 1 aromatic rings. The number of hydrogen-bond acceptors (Lipinski definition) is 3. The highest BCUT2D eigenvalue weighted by atomic mass is 16.5. The number of ether oxygens (including phenoxy) is 1. The summed E-state index contributed by atoms with van der Waals surface area (Å²) in [5.74, 6) is 0. The maximum atomic E-state index is 5.37. The first-order valence-electron chi connectivity index (χ1n) is 7.47. The first kappa shape index (κ1) is 14.4. The lowest BCUT2D eigenvalue weighted by Gasteiger charge is -2.26. The maximum absolute atomic E-state index is 5.37. The molecule has 1 aromatic carbocycles. The molecule has 19 heavy (non-hydrogen) atoms. The topological polar surface area (TPSA) is 24.5 Å². The average molecular weight is 262 g/mol. The molecule has 0 amide bonds. The van der Waals surface area contributed by atoms with Gasteiger partial charge < -0.3 is 10.1 Å². The van der Waals surface area contributed by atoms with E-state index in [1.165, 1.54) is 24.1 Å². The number of nitrogens with zero attached hydrogens (tertiary/aromatic N) is 1. The molecule has 1 heterocycles. The zero-order valence-corrected chi connectivity index (χ0v) is 12.2. The number of benzene rings is 1. The van der Waals surface area contributed by atoms with Crippen molar-refractivity contribution in [3.8, 4) is 0 Å². The Labute approximate surface area is 116 Å². The van der Waals surface area contributed by atoms with Crippen LogP contribution < -0.4 is 5.32 Å². The Hall–Kier alpha value is -1.06. The fourth-order valence-electron chi connectivity index (χ4n) is 2.45. The zero-order valence-electron chi connectivity index (χ0n) is 12.2. The molecule has 3 nitrogen and oxygen atoms in total. The van der Waals surface area contributed by atoms with Crippen LogP contribution in [-0.4, -0.2) is 37.2 Å². The van der Waals surface area contributed by atoms with Gasteiger partial charge in [-0.3, -0.25) is 4.90 Å². The van der Waals surface area contributed by atoms with Gasteiger partial charge in [-0.25, -0.2) is 0 Å². The maximum Gasteiger partial charge on any atom is 0.0594 e. The Balaban J connectivity index is 1.86. The van der Waals surface area contributed by atoms with Gasteiger partial charge in [-0.2, -0.15) is 0 Å². The summed E-state index contributed by atoms with van der Waals surface area (Å²) in [6, 6.07) is 9.47. The Kier molecular flexibility index (Phi) is 5.67. The van der Waals surface area contributed by atoms with Crippen molar-refractivity contribution < 1.29 is 4.74 Å². The van der Waals surface area contributed by atoms with Gasteiger partial charge in [0.2, 0.25) is 0 Å². The van der Waals surface area contributed by atoms with Crippen molar-refractivity contribution >= 4 is 5.69 Å². The Morgan fingerprint density at radius 1 is 1.11 bits per heavy atom. The molecule has 0 atom stereocenters. The van der Waals surface area contributed by atoms with Crippen LogP contribution in [0.15, 0.2) is 24.3 Å². The van der Waals surface area contributed by atoms with Gasteiger partial charge in [-0.1, -0.05) is 26.0 Å². The van der Waals surface area contributed by atoms with Gasteiger partial charge in [-0.05, 0) is 30.5 Å². The SMILES string of the molecule is CCC(CC)Nc1ccc(CN2CCOCC2)cc1. The molecule has 0 spiro atoms. The van der Waals surface area contributed by atoms with E-state index >= 15 is 0 Å². The predicted molar refractivity (Wildman–Crippen MR) is 80.5 cm³/mol. The Morgan fingerprint density at radius 2 is 1.74 bits per heavy atom. The van der Waals surface area contributed by atoms with E-state index in [0.717, 1.165) is 32.8 Å². The molecule has 0 aromatic heterocycles. The van der Waals surface area contributed by atoms with Gasteiger partial charge >= 0.3 is 0 Å². The molecule has 0 unspecified atom stereocenters. The normalized spacial score (nSPS) is 16.8. The van der Waals surface area contributed by atoms with E-state index in [1.807, 2.05) is 0 Å². The standard InChI is InChI=1S/C16H26N2O/c1-3-15(4-2)17-16-7-5-14(6-8-16)13-18-9-11-19-12-10-18/h5-8,15,17H,3-4,9-13H2,1-2H3. The van der Waals surface area contributed by atoms with E-state index in [-0.39, 0.29) is 0 Å². The molecule has 0 saturated carbocycles. The Bertz CT molecular complexity index is 354. The van der Waals surface area contributed by atoms with E-state index in [9.17, 15) is 0 Å². The second-order valence-electron chi connectivity index (χ2n) is 5.24. The van der Waals surface area contributed by atoms with Crippen molar-refractivity contribution in [3.63, 3.8) is 0 Å². The number of rotatable bonds is 6. The van der Waals surface area contributed by atoms with Crippen LogP contribution in [0.2, 0.25) is 0 Å². The van der Waals surface area contributed by atoms with Crippen molar-refractivity contribution in [2.24, 2.45) is 0 Å². The monoisotopic (exact) mass is 262 g/mol. The third-order valence-corrected chi connectivity index (χ3v) is 3.82. The lowest BCUT2D eigenvalue weighted by molar-refractivity contribution is 0.0342. The van der Waals surface area contributed by atoms with Crippen molar-refractivity contribution in [2.45, 2.75) is 39.3 Å². The second kappa shape index (κ2) is 7.51. The zero-order chi connectivity index (χ0) is 13.5. The summed E-state index contributed by atoms with van der Waals surface area (Å²) in [6.45, 7) is 9.33. The highest BCUT2D eigenvalue weighted by Crippen LogP contribution is 2.15. The lowest BCUT2D eigenvalue weighted by atomic mass is 10.1. The average Bonchev–Trinajstić information content (AvgIpc) is 2.47. The van der Waals surface area contributed by atoms with Crippen molar-refractivity contribution in [1.82, 2.24) is 4.90 Å². The molecular weight excluding hydrogens is 236 g/mol. The van der Waals surface area contributed by atoms with Gasteiger partial charge in [-0.15, -0.1) is 0 Å². The fourth-order valence-corrected chi connectivity index (χ4v) is 2.45. The van der Waals surface area contributed by atoms with E-state index in [4.69, 9.17) is 4.74 Å². The minimum Gasteiger partial charge on any atom is -0.382 e. The largest absolute Gasteiger partial charge is 0.382 e. The third-order valence-electron chi connectivity index (χ3n) is 3.82. The van der Waals surface area contributed by atoms with Gasteiger partial charge in [0.15, 0.2) is 0 Å². The van der Waals surface area contributed by atoms with E-state index in [0.29, 0.717) is 6.04 Å². The quantitative estimate of drug-likeness (QED) is 0.852. The van der Waals surface area contributed by atoms with E-state index in [1.54, 1.807) is 0 Å². The van der Waals surface area contributed by atoms with Gasteiger partial charge in [0, 0.05) is 31.4 Å². The molecule has 0 bridgehead atoms. The lowest BCUT2D eigenvalue weighted by Crippen LogP contribution is -2.35. The van der Waals surface area contributed by atoms with Crippen molar-refractivity contribution in [1.29, 1.82) is 0 Å². The van der Waals surface area contributed by atoms with Crippen LogP contribution in [0.1, 0.15) is 32.3 Å². The predicted octanol–water partition coefficient (Wildman–Crippen LogP) is 3.12. The van der Waals surface area contributed by atoms with Crippen LogP contribution in [0.25, 0.3) is 0 Å². The molecule has 1 saturated heterocycles. The molecule has 1 aliphatic rings. The molecule has 1 aliphatic heterocycles. The number of hydrogen-bond donors (Lipinski definition) is 1. The molecule has 1 N–H and O–H groups in total. The first-order valence-corrected chi connectivity index (χ1v) is 7.47. The van der Waals surface area contributed by atoms with Crippen LogP contribution in [0.3, 0.4) is 0 Å². The molecule has 0 aliphatic carbocycles. The molecule has 106 valence electrons. The fraction of sp³-hybridized carbons (Fsp3) is 0.625. The van der Waals surface area contributed by atoms with Gasteiger partial charge in [0.25, 0.3) is 0 Å². The van der Waals surface area contributed by atoms with E-state index in [2.05, 4.69) is 48.3 Å². The van der Waals surface area contributed by atoms with Crippen molar-refractivity contribution in [2.75, 3.05) is 31.6 Å². The summed E-state index contributed by atoms with van der Waals surface area (Å²) in [5, 5.41) is 3.58. The van der Waals surface area contributed by atoms with Gasteiger partial charge in [0.05, 0.1) is 13.2 Å². The molecular formula is C16H26N2O. The molecule has 1 fully saturated rings. The van der Waals surface area contributed by atoms with Crippen LogP contribution in [-0.2, 0) is 11.3 Å². The van der Waals surface area contributed by atoms with Crippen LogP contribution in [0, 0.1) is 0 Å².